The fraction of sp³-hybridized carbons (Fsp3) is 0.211. The van der Waals surface area contributed by atoms with Crippen molar-refractivity contribution in [2.24, 2.45) is 0 Å². The highest BCUT2D eigenvalue weighted by molar-refractivity contribution is 6.32. The summed E-state index contributed by atoms with van der Waals surface area (Å²) in [5.74, 6) is -1.41. The molecular formula is C19H17ClN2O3. The van der Waals surface area contributed by atoms with Gasteiger partial charge in [-0.05, 0) is 50.1 Å². The molecule has 1 heterocycles. The maximum atomic E-state index is 12.4. The smallest absolute Gasteiger partial charge is 0.262 e. The minimum atomic E-state index is -0.505. The topological polar surface area (TPSA) is 66.5 Å². The molecule has 5 nitrogen and oxygen atoms in total. The summed E-state index contributed by atoms with van der Waals surface area (Å²) in [6, 6.07) is 8.43. The molecule has 0 radical (unpaired) electrons. The third-order valence-corrected chi connectivity index (χ3v) is 4.41. The Morgan fingerprint density at radius 2 is 1.60 bits per heavy atom. The summed E-state index contributed by atoms with van der Waals surface area (Å²) in [5.41, 5.74) is 4.17. The number of hydrogen-bond acceptors (Lipinski definition) is 3. The lowest BCUT2D eigenvalue weighted by atomic mass is 10.1. The molecule has 0 fully saturated rings. The molecule has 0 aliphatic carbocycles. The minimum absolute atomic E-state index is 0.230. The maximum Gasteiger partial charge on any atom is 0.262 e. The van der Waals surface area contributed by atoms with Crippen LogP contribution in [0.4, 0.5) is 5.69 Å². The van der Waals surface area contributed by atoms with Gasteiger partial charge in [0.25, 0.3) is 11.8 Å². The highest BCUT2D eigenvalue weighted by Gasteiger charge is 2.36. The molecule has 0 saturated heterocycles. The van der Waals surface area contributed by atoms with E-state index in [1.54, 1.807) is 6.07 Å². The number of hydrogen-bond donors (Lipinski definition) is 1. The summed E-state index contributed by atoms with van der Waals surface area (Å²) < 4.78 is 0. The van der Waals surface area contributed by atoms with Crippen molar-refractivity contribution in [1.82, 2.24) is 4.90 Å². The highest BCUT2D eigenvalue weighted by Crippen LogP contribution is 2.26. The van der Waals surface area contributed by atoms with Crippen LogP contribution in [0.5, 0.6) is 0 Å². The van der Waals surface area contributed by atoms with Gasteiger partial charge >= 0.3 is 0 Å². The van der Waals surface area contributed by atoms with Crippen molar-refractivity contribution in [3.05, 3.63) is 63.2 Å². The fourth-order valence-corrected chi connectivity index (χ4v) is 3.28. The summed E-state index contributed by atoms with van der Waals surface area (Å²) in [6.45, 7) is 5.45. The van der Waals surface area contributed by atoms with Crippen LogP contribution in [0, 0.1) is 20.8 Å². The number of benzene rings is 2. The zero-order valence-electron chi connectivity index (χ0n) is 14.1. The lowest BCUT2D eigenvalue weighted by Gasteiger charge is -2.16. The monoisotopic (exact) mass is 356 g/mol. The van der Waals surface area contributed by atoms with E-state index in [9.17, 15) is 14.4 Å². The van der Waals surface area contributed by atoms with Gasteiger partial charge in [-0.2, -0.15) is 0 Å². The first-order valence-corrected chi connectivity index (χ1v) is 8.19. The number of nitrogens with one attached hydrogen (secondary N) is 1. The Hall–Kier alpha value is -2.66. The number of halogens is 1. The van der Waals surface area contributed by atoms with Crippen LogP contribution in [-0.2, 0) is 4.79 Å². The second-order valence-electron chi connectivity index (χ2n) is 6.21. The highest BCUT2D eigenvalue weighted by atomic mass is 35.5. The van der Waals surface area contributed by atoms with Gasteiger partial charge in [-0.3, -0.25) is 19.3 Å². The SMILES string of the molecule is Cc1cc(C)c(NC(=O)CN2C(=O)c3ccc(Cl)cc3C2=O)c(C)c1. The van der Waals surface area contributed by atoms with E-state index in [0.717, 1.165) is 21.6 Å². The number of rotatable bonds is 3. The van der Waals surface area contributed by atoms with Crippen molar-refractivity contribution < 1.29 is 14.4 Å². The van der Waals surface area contributed by atoms with Crippen molar-refractivity contribution in [1.29, 1.82) is 0 Å². The molecule has 1 N–H and O–H groups in total. The van der Waals surface area contributed by atoms with Gasteiger partial charge in [0, 0.05) is 10.7 Å². The molecule has 1 aliphatic heterocycles. The second-order valence-corrected chi connectivity index (χ2v) is 6.64. The Morgan fingerprint density at radius 3 is 2.24 bits per heavy atom. The fourth-order valence-electron chi connectivity index (χ4n) is 3.11. The Bertz CT molecular complexity index is 898. The van der Waals surface area contributed by atoms with E-state index in [0.29, 0.717) is 10.7 Å². The van der Waals surface area contributed by atoms with E-state index >= 15 is 0 Å². The van der Waals surface area contributed by atoms with Gasteiger partial charge in [-0.1, -0.05) is 29.3 Å². The molecule has 128 valence electrons. The van der Waals surface area contributed by atoms with E-state index in [2.05, 4.69) is 5.32 Å². The van der Waals surface area contributed by atoms with Crippen LogP contribution in [0.3, 0.4) is 0 Å². The minimum Gasteiger partial charge on any atom is -0.324 e. The van der Waals surface area contributed by atoms with Gasteiger partial charge in [-0.25, -0.2) is 0 Å². The third kappa shape index (κ3) is 3.15. The molecule has 2 aromatic rings. The molecule has 0 unspecified atom stereocenters. The first-order valence-electron chi connectivity index (χ1n) is 7.81. The number of carbonyl (C=O) groups excluding carboxylic acids is 3. The van der Waals surface area contributed by atoms with E-state index in [4.69, 9.17) is 11.6 Å². The Balaban J connectivity index is 1.79. The normalized spacial score (nSPS) is 13.2. The molecule has 0 aromatic heterocycles. The first kappa shape index (κ1) is 17.2. The number of nitrogens with zero attached hydrogens (tertiary/aromatic N) is 1. The van der Waals surface area contributed by atoms with E-state index in [1.807, 2.05) is 32.9 Å². The van der Waals surface area contributed by atoms with Gasteiger partial charge < -0.3 is 5.32 Å². The van der Waals surface area contributed by atoms with Gasteiger partial charge in [0.1, 0.15) is 6.54 Å². The van der Waals surface area contributed by atoms with Gasteiger partial charge in [0.2, 0.25) is 5.91 Å². The molecule has 0 atom stereocenters. The second kappa shape index (κ2) is 6.33. The van der Waals surface area contributed by atoms with Crippen LogP contribution in [0.25, 0.3) is 0 Å². The summed E-state index contributed by atoms with van der Waals surface area (Å²) in [7, 11) is 0. The maximum absolute atomic E-state index is 12.4. The molecule has 3 rings (SSSR count). The molecule has 6 heteroatoms. The van der Waals surface area contributed by atoms with Crippen LogP contribution in [0.2, 0.25) is 5.02 Å². The van der Waals surface area contributed by atoms with Crippen LogP contribution in [-0.4, -0.2) is 29.2 Å². The van der Waals surface area contributed by atoms with Crippen molar-refractivity contribution in [2.75, 3.05) is 11.9 Å². The standard InChI is InChI=1S/C19H17ClN2O3/c1-10-6-11(2)17(12(3)7-10)21-16(23)9-22-18(24)14-5-4-13(20)8-15(14)19(22)25/h4-8H,9H2,1-3H3,(H,21,23). The molecule has 0 spiro atoms. The molecule has 1 aliphatic rings. The summed E-state index contributed by atoms with van der Waals surface area (Å²) in [4.78, 5) is 38.1. The number of imide groups is 1. The zero-order chi connectivity index (χ0) is 18.3. The number of fused-ring (bicyclic) bond motifs is 1. The predicted octanol–water partition coefficient (Wildman–Crippen LogP) is 3.50. The summed E-state index contributed by atoms with van der Waals surface area (Å²) in [5, 5.41) is 3.17. The lowest BCUT2D eigenvalue weighted by molar-refractivity contribution is -0.116. The molecule has 0 bridgehead atoms. The Kier molecular flexibility index (Phi) is 4.35. The zero-order valence-corrected chi connectivity index (χ0v) is 14.9. The van der Waals surface area contributed by atoms with Crippen LogP contribution in [0.1, 0.15) is 37.4 Å². The number of aryl methyl sites for hydroxylation is 3. The quantitative estimate of drug-likeness (QED) is 0.856. The number of carbonyl (C=O) groups is 3. The van der Waals surface area contributed by atoms with Crippen molar-refractivity contribution in [2.45, 2.75) is 20.8 Å². The van der Waals surface area contributed by atoms with Crippen LogP contribution < -0.4 is 5.32 Å². The van der Waals surface area contributed by atoms with Gasteiger partial charge in [-0.15, -0.1) is 0 Å². The van der Waals surface area contributed by atoms with E-state index in [1.165, 1.54) is 12.1 Å². The predicted molar refractivity (Wildman–Crippen MR) is 96.1 cm³/mol. The molecule has 2 aromatic carbocycles. The number of anilines is 1. The molecule has 3 amide bonds. The van der Waals surface area contributed by atoms with Crippen molar-refractivity contribution in [3.63, 3.8) is 0 Å². The van der Waals surface area contributed by atoms with Crippen LogP contribution >= 0.6 is 11.6 Å². The van der Waals surface area contributed by atoms with Gasteiger partial charge in [0.15, 0.2) is 0 Å². The molecular weight excluding hydrogens is 340 g/mol. The van der Waals surface area contributed by atoms with Crippen LogP contribution in [0.15, 0.2) is 30.3 Å². The van der Waals surface area contributed by atoms with Crippen molar-refractivity contribution >= 4 is 35.0 Å². The van der Waals surface area contributed by atoms with E-state index in [-0.39, 0.29) is 17.7 Å². The lowest BCUT2D eigenvalue weighted by Crippen LogP contribution is -2.37. The average molecular weight is 357 g/mol. The number of amides is 3. The largest absolute Gasteiger partial charge is 0.324 e. The average Bonchev–Trinajstić information content (AvgIpc) is 2.75. The molecule has 25 heavy (non-hydrogen) atoms. The first-order chi connectivity index (χ1) is 11.8. The Labute approximate surface area is 150 Å². The van der Waals surface area contributed by atoms with E-state index < -0.39 is 17.7 Å². The van der Waals surface area contributed by atoms with Gasteiger partial charge in [0.05, 0.1) is 11.1 Å². The summed E-state index contributed by atoms with van der Waals surface area (Å²) in [6.07, 6.45) is 0. The Morgan fingerprint density at radius 1 is 1.00 bits per heavy atom. The summed E-state index contributed by atoms with van der Waals surface area (Å²) >= 11 is 5.88. The van der Waals surface area contributed by atoms with Crippen molar-refractivity contribution in [3.8, 4) is 0 Å². The molecule has 0 saturated carbocycles. The third-order valence-electron chi connectivity index (χ3n) is 4.18.